The van der Waals surface area contributed by atoms with Crippen molar-refractivity contribution < 1.29 is 4.74 Å². The largest absolute Gasteiger partial charge is 0.372 e. The van der Waals surface area contributed by atoms with Crippen molar-refractivity contribution in [2.45, 2.75) is 105 Å². The maximum atomic E-state index is 6.19. The number of nitrogens with zero attached hydrogens (tertiary/aromatic N) is 1. The maximum absolute atomic E-state index is 6.19. The van der Waals surface area contributed by atoms with E-state index in [0.717, 1.165) is 49.4 Å². The van der Waals surface area contributed by atoms with Gasteiger partial charge in [-0.3, -0.25) is 10.8 Å². The number of hydrogen-bond acceptors (Lipinski definition) is 4. The van der Waals surface area contributed by atoms with Gasteiger partial charge >= 0.3 is 0 Å². The number of ether oxygens (including phenoxy) is 1. The smallest absolute Gasteiger partial charge is 0.0898 e. The van der Waals surface area contributed by atoms with Crippen molar-refractivity contribution in [1.29, 1.82) is 0 Å². The van der Waals surface area contributed by atoms with Gasteiger partial charge in [0.2, 0.25) is 0 Å². The van der Waals surface area contributed by atoms with E-state index in [1.54, 1.807) is 0 Å². The first-order chi connectivity index (χ1) is 12.6. The fraction of sp³-hybridized carbons (Fsp3) is 0.864. The average Bonchev–Trinajstić information content (AvgIpc) is 2.66. The van der Waals surface area contributed by atoms with Crippen molar-refractivity contribution in [3.8, 4) is 0 Å². The summed E-state index contributed by atoms with van der Waals surface area (Å²) in [6, 6.07) is 0. The summed E-state index contributed by atoms with van der Waals surface area (Å²) in [5, 5.41) is 0. The SMILES string of the molecule is C=N/C(=C(/COC(CC)CCC(C)CC)NN)C(CCC)CCCCC. The second-order valence-corrected chi connectivity index (χ2v) is 7.58. The van der Waals surface area contributed by atoms with Crippen LogP contribution in [0.5, 0.6) is 0 Å². The van der Waals surface area contributed by atoms with Gasteiger partial charge in [0.15, 0.2) is 0 Å². The van der Waals surface area contributed by atoms with Crippen LogP contribution in [0.3, 0.4) is 0 Å². The third-order valence-electron chi connectivity index (χ3n) is 5.43. The molecular weight excluding hydrogens is 322 g/mol. The molecule has 0 saturated carbocycles. The monoisotopic (exact) mass is 367 g/mol. The molecule has 0 aliphatic carbocycles. The molecule has 0 amide bonds. The lowest BCUT2D eigenvalue weighted by atomic mass is 9.92. The molecule has 0 radical (unpaired) electrons. The first kappa shape index (κ1) is 25.1. The van der Waals surface area contributed by atoms with E-state index in [-0.39, 0.29) is 6.10 Å². The van der Waals surface area contributed by atoms with Crippen LogP contribution in [-0.4, -0.2) is 19.4 Å². The molecule has 4 nitrogen and oxygen atoms in total. The fourth-order valence-electron chi connectivity index (χ4n) is 3.35. The molecule has 0 rings (SSSR count). The van der Waals surface area contributed by atoms with Gasteiger partial charge < -0.3 is 10.2 Å². The van der Waals surface area contributed by atoms with E-state index in [9.17, 15) is 0 Å². The molecule has 4 heteroatoms. The Morgan fingerprint density at radius 1 is 1.00 bits per heavy atom. The summed E-state index contributed by atoms with van der Waals surface area (Å²) in [5.74, 6) is 7.01. The van der Waals surface area contributed by atoms with Crippen LogP contribution in [0, 0.1) is 11.8 Å². The first-order valence-electron chi connectivity index (χ1n) is 10.9. The number of rotatable bonds is 17. The zero-order valence-electron chi connectivity index (χ0n) is 18.2. The minimum Gasteiger partial charge on any atom is -0.372 e. The molecule has 3 N–H and O–H groups in total. The summed E-state index contributed by atoms with van der Waals surface area (Å²) >= 11 is 0. The quantitative estimate of drug-likeness (QED) is 0.144. The Kier molecular flexibility index (Phi) is 15.8. The van der Waals surface area contributed by atoms with E-state index in [0.29, 0.717) is 12.5 Å². The Labute approximate surface area is 163 Å². The summed E-state index contributed by atoms with van der Waals surface area (Å²) in [6.07, 6.45) is 12.0. The van der Waals surface area contributed by atoms with Gasteiger partial charge in [0.05, 0.1) is 24.1 Å². The maximum Gasteiger partial charge on any atom is 0.0898 e. The molecule has 0 saturated heterocycles. The highest BCUT2D eigenvalue weighted by atomic mass is 16.5. The Hall–Kier alpha value is -0.870. The molecule has 3 atom stereocenters. The molecule has 3 unspecified atom stereocenters. The Morgan fingerprint density at radius 2 is 1.73 bits per heavy atom. The molecule has 26 heavy (non-hydrogen) atoms. The zero-order valence-corrected chi connectivity index (χ0v) is 18.2. The van der Waals surface area contributed by atoms with Gasteiger partial charge in [0.25, 0.3) is 0 Å². The zero-order chi connectivity index (χ0) is 19.8. The van der Waals surface area contributed by atoms with E-state index in [1.807, 2.05) is 0 Å². The van der Waals surface area contributed by atoms with Gasteiger partial charge in [-0.2, -0.15) is 0 Å². The molecule has 0 aliphatic heterocycles. The number of nitrogens with two attached hydrogens (primary N) is 1. The molecule has 0 bridgehead atoms. The number of hydrazine groups is 1. The normalized spacial score (nSPS) is 15.9. The fourth-order valence-corrected chi connectivity index (χ4v) is 3.35. The Balaban J connectivity index is 4.96. The topological polar surface area (TPSA) is 59.6 Å². The Bertz CT molecular complexity index is 382. The van der Waals surface area contributed by atoms with E-state index in [2.05, 4.69) is 51.8 Å². The van der Waals surface area contributed by atoms with Crippen LogP contribution >= 0.6 is 0 Å². The van der Waals surface area contributed by atoms with Gasteiger partial charge in [0.1, 0.15) is 0 Å². The van der Waals surface area contributed by atoms with Gasteiger partial charge in [-0.1, -0.05) is 66.7 Å². The molecule has 0 aromatic heterocycles. The lowest BCUT2D eigenvalue weighted by molar-refractivity contribution is 0.0529. The first-order valence-corrected chi connectivity index (χ1v) is 10.9. The summed E-state index contributed by atoms with van der Waals surface area (Å²) in [5.41, 5.74) is 4.76. The molecule has 0 fully saturated rings. The minimum absolute atomic E-state index is 0.281. The number of hydrogen-bond donors (Lipinski definition) is 2. The van der Waals surface area contributed by atoms with Crippen molar-refractivity contribution in [1.82, 2.24) is 5.43 Å². The average molecular weight is 368 g/mol. The number of unbranched alkanes of at least 4 members (excludes halogenated alkanes) is 2. The van der Waals surface area contributed by atoms with E-state index in [1.165, 1.54) is 32.1 Å². The summed E-state index contributed by atoms with van der Waals surface area (Å²) < 4.78 is 6.19. The number of nitrogens with one attached hydrogen (secondary N) is 1. The van der Waals surface area contributed by atoms with Crippen LogP contribution in [0.1, 0.15) is 98.8 Å². The van der Waals surface area contributed by atoms with Crippen LogP contribution in [0.4, 0.5) is 0 Å². The lowest BCUT2D eigenvalue weighted by Gasteiger charge is -2.23. The van der Waals surface area contributed by atoms with Crippen LogP contribution in [0.25, 0.3) is 0 Å². The van der Waals surface area contributed by atoms with E-state index < -0.39 is 0 Å². The molecule has 0 aromatic carbocycles. The molecule has 0 aliphatic rings. The highest BCUT2D eigenvalue weighted by Crippen LogP contribution is 2.27. The van der Waals surface area contributed by atoms with Crippen LogP contribution < -0.4 is 11.3 Å². The predicted molar refractivity (Wildman–Crippen MR) is 115 cm³/mol. The van der Waals surface area contributed by atoms with Gasteiger partial charge in [-0.05, 0) is 44.7 Å². The Morgan fingerprint density at radius 3 is 2.23 bits per heavy atom. The van der Waals surface area contributed by atoms with Gasteiger partial charge in [-0.25, -0.2) is 0 Å². The van der Waals surface area contributed by atoms with Crippen LogP contribution in [0.2, 0.25) is 0 Å². The molecule has 154 valence electrons. The number of allylic oxidation sites excluding steroid dienone is 1. The van der Waals surface area contributed by atoms with E-state index in [4.69, 9.17) is 10.6 Å². The second kappa shape index (κ2) is 16.3. The standard InChI is InChI=1S/C22H45N3O/c1-7-11-12-14-19(13-8-2)22(24-6)21(25-23)17-26-20(10-4)16-15-18(5)9-3/h18-20,25H,6-17,23H2,1-5H3/b22-21-. The lowest BCUT2D eigenvalue weighted by Crippen LogP contribution is -2.29. The van der Waals surface area contributed by atoms with Crippen molar-refractivity contribution in [2.24, 2.45) is 22.7 Å². The predicted octanol–water partition coefficient (Wildman–Crippen LogP) is 5.98. The summed E-state index contributed by atoms with van der Waals surface area (Å²) in [4.78, 5) is 4.36. The second-order valence-electron chi connectivity index (χ2n) is 7.58. The molecule has 0 spiro atoms. The number of aliphatic imine (C=N–C) groups is 1. The van der Waals surface area contributed by atoms with Crippen molar-refractivity contribution in [3.63, 3.8) is 0 Å². The minimum atomic E-state index is 0.281. The third kappa shape index (κ3) is 10.3. The highest BCUT2D eigenvalue weighted by Gasteiger charge is 2.18. The summed E-state index contributed by atoms with van der Waals surface area (Å²) in [7, 11) is 0. The van der Waals surface area contributed by atoms with Crippen LogP contribution in [0.15, 0.2) is 16.4 Å². The van der Waals surface area contributed by atoms with Gasteiger partial charge in [0, 0.05) is 5.92 Å². The highest BCUT2D eigenvalue weighted by molar-refractivity contribution is 5.31. The molecule has 0 heterocycles. The van der Waals surface area contributed by atoms with Gasteiger partial charge in [-0.15, -0.1) is 0 Å². The molecular formula is C22H45N3O. The van der Waals surface area contributed by atoms with Crippen molar-refractivity contribution in [2.75, 3.05) is 6.61 Å². The van der Waals surface area contributed by atoms with Crippen molar-refractivity contribution in [3.05, 3.63) is 11.4 Å². The summed E-state index contributed by atoms with van der Waals surface area (Å²) in [6.45, 7) is 15.5. The third-order valence-corrected chi connectivity index (χ3v) is 5.43. The van der Waals surface area contributed by atoms with Crippen LogP contribution in [-0.2, 0) is 4.74 Å². The molecule has 0 aromatic rings. The van der Waals surface area contributed by atoms with Crippen molar-refractivity contribution >= 4 is 6.72 Å². The van der Waals surface area contributed by atoms with E-state index >= 15 is 0 Å².